The molecule has 5 nitrogen and oxygen atoms in total. The minimum Gasteiger partial charge on any atom is -0.469 e. The largest absolute Gasteiger partial charge is 0.469 e. The van der Waals surface area contributed by atoms with E-state index < -0.39 is 0 Å². The van der Waals surface area contributed by atoms with Crippen LogP contribution in [0.3, 0.4) is 0 Å². The average molecular weight is 545 g/mol. The van der Waals surface area contributed by atoms with E-state index in [2.05, 4.69) is 31.1 Å². The molecule has 0 atom stereocenters. The van der Waals surface area contributed by atoms with Crippen molar-refractivity contribution in [3.63, 3.8) is 0 Å². The van der Waals surface area contributed by atoms with E-state index >= 15 is 0 Å². The zero-order chi connectivity index (χ0) is 17.5. The van der Waals surface area contributed by atoms with Crippen molar-refractivity contribution in [3.05, 3.63) is 33.3 Å². The van der Waals surface area contributed by atoms with Crippen molar-refractivity contribution in [2.75, 3.05) is 33.8 Å². The Kier molecular flexibility index (Phi) is 10.1. The second-order valence-electron chi connectivity index (χ2n) is 5.74. The SMILES string of the molecule is CN=C(NCCc1cc(Cl)ccc1Br)N1CCC(C(=O)OC)CC1.I. The van der Waals surface area contributed by atoms with Gasteiger partial charge in [-0.2, -0.15) is 0 Å². The van der Waals surface area contributed by atoms with Gasteiger partial charge in [-0.15, -0.1) is 24.0 Å². The number of methoxy groups -OCH3 is 1. The van der Waals surface area contributed by atoms with Crippen molar-refractivity contribution in [3.8, 4) is 0 Å². The number of aliphatic imine (C=N–C) groups is 1. The van der Waals surface area contributed by atoms with Gasteiger partial charge < -0.3 is 15.0 Å². The Morgan fingerprint density at radius 1 is 1.44 bits per heavy atom. The van der Waals surface area contributed by atoms with Crippen LogP contribution in [0.4, 0.5) is 0 Å². The second-order valence-corrected chi connectivity index (χ2v) is 7.03. The van der Waals surface area contributed by atoms with Gasteiger partial charge in [-0.25, -0.2) is 0 Å². The second kappa shape index (κ2) is 11.2. The molecule has 0 radical (unpaired) electrons. The maximum Gasteiger partial charge on any atom is 0.308 e. The fraction of sp³-hybridized carbons (Fsp3) is 0.529. The number of carbonyl (C=O) groups is 1. The Hall–Kier alpha value is -0.540. The predicted octanol–water partition coefficient (Wildman–Crippen LogP) is 3.72. The number of halogens is 3. The third-order valence-electron chi connectivity index (χ3n) is 4.23. The van der Waals surface area contributed by atoms with Crippen molar-refractivity contribution in [1.29, 1.82) is 0 Å². The van der Waals surface area contributed by atoms with Crippen molar-refractivity contribution in [1.82, 2.24) is 10.2 Å². The monoisotopic (exact) mass is 543 g/mol. The summed E-state index contributed by atoms with van der Waals surface area (Å²) in [5, 5.41) is 4.13. The lowest BCUT2D eigenvalue weighted by Gasteiger charge is -2.33. The van der Waals surface area contributed by atoms with Gasteiger partial charge in [0.15, 0.2) is 5.96 Å². The van der Waals surface area contributed by atoms with Gasteiger partial charge in [-0.1, -0.05) is 27.5 Å². The van der Waals surface area contributed by atoms with Gasteiger partial charge >= 0.3 is 5.97 Å². The summed E-state index contributed by atoms with van der Waals surface area (Å²) >= 11 is 9.59. The lowest BCUT2D eigenvalue weighted by Crippen LogP contribution is -2.47. The summed E-state index contributed by atoms with van der Waals surface area (Å²) in [6.07, 6.45) is 2.44. The molecule has 25 heavy (non-hydrogen) atoms. The molecule has 0 aromatic heterocycles. The number of rotatable bonds is 4. The Morgan fingerprint density at radius 2 is 2.12 bits per heavy atom. The molecular weight excluding hydrogens is 520 g/mol. The normalized spacial score (nSPS) is 15.5. The van der Waals surface area contributed by atoms with Crippen LogP contribution in [-0.4, -0.2) is 50.6 Å². The first-order valence-corrected chi connectivity index (χ1v) is 9.19. The topological polar surface area (TPSA) is 53.9 Å². The molecule has 8 heteroatoms. The molecule has 140 valence electrons. The van der Waals surface area contributed by atoms with E-state index in [1.54, 1.807) is 7.05 Å². The molecule has 1 N–H and O–H groups in total. The summed E-state index contributed by atoms with van der Waals surface area (Å²) in [6, 6.07) is 5.80. The van der Waals surface area contributed by atoms with Crippen LogP contribution in [0.5, 0.6) is 0 Å². The number of esters is 1. The molecule has 0 bridgehead atoms. The highest BCUT2D eigenvalue weighted by Gasteiger charge is 2.26. The number of benzene rings is 1. The predicted molar refractivity (Wildman–Crippen MR) is 116 cm³/mol. The highest BCUT2D eigenvalue weighted by Crippen LogP contribution is 2.21. The van der Waals surface area contributed by atoms with E-state index in [-0.39, 0.29) is 35.9 Å². The molecule has 1 aromatic rings. The number of guanidine groups is 1. The van der Waals surface area contributed by atoms with Crippen molar-refractivity contribution < 1.29 is 9.53 Å². The highest BCUT2D eigenvalue weighted by atomic mass is 127. The first-order chi connectivity index (χ1) is 11.5. The van der Waals surface area contributed by atoms with Gasteiger partial charge in [0, 0.05) is 36.2 Å². The molecule has 0 saturated carbocycles. The lowest BCUT2D eigenvalue weighted by molar-refractivity contribution is -0.146. The van der Waals surface area contributed by atoms with Crippen molar-refractivity contribution in [2.24, 2.45) is 10.9 Å². The molecule has 2 rings (SSSR count). The highest BCUT2D eigenvalue weighted by molar-refractivity contribution is 14.0. The summed E-state index contributed by atoms with van der Waals surface area (Å²) in [5.41, 5.74) is 1.16. The third kappa shape index (κ3) is 6.60. The summed E-state index contributed by atoms with van der Waals surface area (Å²) in [6.45, 7) is 2.38. The molecule has 1 heterocycles. The Bertz CT molecular complexity index is 608. The van der Waals surface area contributed by atoms with E-state index in [9.17, 15) is 4.79 Å². The Labute approximate surface area is 179 Å². The summed E-state index contributed by atoms with van der Waals surface area (Å²) < 4.78 is 5.89. The number of nitrogens with zero attached hydrogens (tertiary/aromatic N) is 2. The van der Waals surface area contributed by atoms with Gasteiger partial charge in [0.25, 0.3) is 0 Å². The maximum atomic E-state index is 11.6. The molecule has 1 aliphatic rings. The molecule has 0 amide bonds. The molecule has 0 unspecified atom stereocenters. The van der Waals surface area contributed by atoms with Gasteiger partial charge in [-0.3, -0.25) is 9.79 Å². The number of ether oxygens (including phenoxy) is 1. The standard InChI is InChI=1S/C17H23BrClN3O2.HI/c1-20-17(22-9-6-12(7-10-22)16(23)24-2)21-8-5-13-11-14(19)3-4-15(13)18;/h3-4,11-12H,5-10H2,1-2H3,(H,20,21);1H. The van der Waals surface area contributed by atoms with Crippen molar-refractivity contribution >= 4 is 63.4 Å². The van der Waals surface area contributed by atoms with E-state index in [4.69, 9.17) is 16.3 Å². The number of piperidine rings is 1. The van der Waals surface area contributed by atoms with Gasteiger partial charge in [0.1, 0.15) is 0 Å². The number of likely N-dealkylation sites (tertiary alicyclic amines) is 1. The first-order valence-electron chi connectivity index (χ1n) is 8.02. The smallest absolute Gasteiger partial charge is 0.308 e. The van der Waals surface area contributed by atoms with Crippen LogP contribution in [0.2, 0.25) is 5.02 Å². The van der Waals surface area contributed by atoms with Crippen LogP contribution >= 0.6 is 51.5 Å². The zero-order valence-corrected chi connectivity index (χ0v) is 19.1. The Morgan fingerprint density at radius 3 is 2.72 bits per heavy atom. The Balaban J connectivity index is 0.00000312. The van der Waals surface area contributed by atoms with Crippen molar-refractivity contribution in [2.45, 2.75) is 19.3 Å². The molecule has 0 spiro atoms. The molecule has 1 saturated heterocycles. The number of hydrogen-bond donors (Lipinski definition) is 1. The van der Waals surface area contributed by atoms with Crippen LogP contribution in [-0.2, 0) is 16.0 Å². The fourth-order valence-electron chi connectivity index (χ4n) is 2.87. The summed E-state index contributed by atoms with van der Waals surface area (Å²) in [4.78, 5) is 18.1. The van der Waals surface area contributed by atoms with Crippen LogP contribution < -0.4 is 5.32 Å². The quantitative estimate of drug-likeness (QED) is 0.272. The molecule has 1 aromatic carbocycles. The fourth-order valence-corrected chi connectivity index (χ4v) is 3.51. The first kappa shape index (κ1) is 22.5. The summed E-state index contributed by atoms with van der Waals surface area (Å²) in [5.74, 6) is 0.770. The van der Waals surface area contributed by atoms with Gasteiger partial charge in [-0.05, 0) is 43.0 Å². The van der Waals surface area contributed by atoms with Gasteiger partial charge in [0.05, 0.1) is 13.0 Å². The summed E-state index contributed by atoms with van der Waals surface area (Å²) in [7, 11) is 3.23. The minimum atomic E-state index is -0.108. The van der Waals surface area contributed by atoms with E-state index in [1.165, 1.54) is 7.11 Å². The van der Waals surface area contributed by atoms with Crippen LogP contribution in [0, 0.1) is 5.92 Å². The number of hydrogen-bond acceptors (Lipinski definition) is 3. The van der Waals surface area contributed by atoms with Crippen LogP contribution in [0.15, 0.2) is 27.7 Å². The third-order valence-corrected chi connectivity index (χ3v) is 5.23. The van der Waals surface area contributed by atoms with Crippen LogP contribution in [0.1, 0.15) is 18.4 Å². The molecule has 1 fully saturated rings. The molecule has 1 aliphatic heterocycles. The number of carbonyl (C=O) groups excluding carboxylic acids is 1. The molecule has 0 aliphatic carbocycles. The van der Waals surface area contributed by atoms with E-state index in [1.807, 2.05) is 18.2 Å². The van der Waals surface area contributed by atoms with Gasteiger partial charge in [0.2, 0.25) is 0 Å². The lowest BCUT2D eigenvalue weighted by atomic mass is 9.97. The van der Waals surface area contributed by atoms with E-state index in [0.29, 0.717) is 0 Å². The average Bonchev–Trinajstić information content (AvgIpc) is 2.61. The van der Waals surface area contributed by atoms with Crippen LogP contribution in [0.25, 0.3) is 0 Å². The minimum absolute atomic E-state index is 0. The number of nitrogens with one attached hydrogen (secondary N) is 1. The zero-order valence-electron chi connectivity index (χ0n) is 14.4. The maximum absolute atomic E-state index is 11.6. The molecular formula is C17H24BrClIN3O2. The van der Waals surface area contributed by atoms with E-state index in [0.717, 1.165) is 59.9 Å².